The van der Waals surface area contributed by atoms with Crippen LogP contribution < -0.4 is 0 Å². The normalized spacial score (nSPS) is 11.0. The van der Waals surface area contributed by atoms with E-state index in [0.717, 1.165) is 25.1 Å². The zero-order chi connectivity index (χ0) is 15.7. The molecule has 0 unspecified atom stereocenters. The van der Waals surface area contributed by atoms with Crippen LogP contribution in [0.3, 0.4) is 0 Å². The Morgan fingerprint density at radius 1 is 1.10 bits per heavy atom. The van der Waals surface area contributed by atoms with Crippen LogP contribution in [0.15, 0.2) is 18.2 Å². The van der Waals surface area contributed by atoms with E-state index in [9.17, 15) is 4.79 Å². The Hall–Kier alpha value is -0.810. The van der Waals surface area contributed by atoms with Gasteiger partial charge in [0.2, 0.25) is 0 Å². The van der Waals surface area contributed by atoms with Crippen molar-refractivity contribution in [3.8, 4) is 0 Å². The minimum atomic E-state index is -0.763. The van der Waals surface area contributed by atoms with Gasteiger partial charge in [-0.15, -0.1) is 0 Å². The van der Waals surface area contributed by atoms with Crippen LogP contribution in [0.1, 0.15) is 31.2 Å². The van der Waals surface area contributed by atoms with E-state index in [0.29, 0.717) is 29.4 Å². The lowest BCUT2D eigenvalue weighted by atomic mass is 10.2. The molecular formula is C15H21Cl2NO3. The number of benzene rings is 1. The third-order valence-corrected chi connectivity index (χ3v) is 3.88. The molecule has 0 heterocycles. The number of carbonyl (C=O) groups is 1. The largest absolute Gasteiger partial charge is 0.481 e. The molecule has 0 aromatic heterocycles. The first-order valence-electron chi connectivity index (χ1n) is 7.02. The van der Waals surface area contributed by atoms with Gasteiger partial charge in [0.15, 0.2) is 0 Å². The van der Waals surface area contributed by atoms with Crippen LogP contribution in [0.5, 0.6) is 0 Å². The van der Waals surface area contributed by atoms with Crippen LogP contribution in [-0.4, -0.2) is 40.8 Å². The predicted molar refractivity (Wildman–Crippen MR) is 84.9 cm³/mol. The van der Waals surface area contributed by atoms with Crippen LogP contribution >= 0.6 is 23.2 Å². The molecule has 21 heavy (non-hydrogen) atoms. The van der Waals surface area contributed by atoms with Gasteiger partial charge < -0.3 is 10.2 Å². The fourth-order valence-corrected chi connectivity index (χ4v) is 2.39. The van der Waals surface area contributed by atoms with Gasteiger partial charge in [-0.2, -0.15) is 0 Å². The number of carboxylic acids is 1. The summed E-state index contributed by atoms with van der Waals surface area (Å²) >= 11 is 11.9. The Bertz CT molecular complexity index is 455. The number of hydrogen-bond acceptors (Lipinski definition) is 3. The summed E-state index contributed by atoms with van der Waals surface area (Å²) in [5.41, 5.74) is 1.06. The number of nitrogens with zero attached hydrogens (tertiary/aromatic N) is 1. The van der Waals surface area contributed by atoms with Crippen LogP contribution in [0, 0.1) is 0 Å². The van der Waals surface area contributed by atoms with Crippen molar-refractivity contribution >= 4 is 29.2 Å². The molecule has 0 radical (unpaired) electrons. The zero-order valence-corrected chi connectivity index (χ0v) is 13.4. The van der Waals surface area contributed by atoms with Crippen molar-refractivity contribution in [2.45, 2.75) is 32.2 Å². The van der Waals surface area contributed by atoms with Crippen LogP contribution in [-0.2, 0) is 11.3 Å². The average molecular weight is 334 g/mol. The van der Waals surface area contributed by atoms with E-state index in [-0.39, 0.29) is 13.0 Å². The average Bonchev–Trinajstić information content (AvgIpc) is 2.44. The van der Waals surface area contributed by atoms with E-state index in [1.54, 1.807) is 6.07 Å². The molecule has 0 fully saturated rings. The molecule has 0 spiro atoms. The number of carboxylic acid groups (broad SMARTS) is 1. The second kappa shape index (κ2) is 10.0. The number of aliphatic hydroxyl groups is 1. The maximum Gasteiger partial charge on any atom is 0.303 e. The fraction of sp³-hybridized carbons (Fsp3) is 0.533. The van der Waals surface area contributed by atoms with E-state index >= 15 is 0 Å². The van der Waals surface area contributed by atoms with E-state index in [1.807, 2.05) is 12.1 Å². The van der Waals surface area contributed by atoms with Gasteiger partial charge in [0.05, 0.1) is 10.0 Å². The first kappa shape index (κ1) is 18.2. The Morgan fingerprint density at radius 3 is 2.43 bits per heavy atom. The van der Waals surface area contributed by atoms with Crippen molar-refractivity contribution in [2.75, 3.05) is 19.7 Å². The number of hydrogen-bond donors (Lipinski definition) is 2. The van der Waals surface area contributed by atoms with Crippen LogP contribution in [0.4, 0.5) is 0 Å². The Labute approximate surface area is 135 Å². The zero-order valence-electron chi connectivity index (χ0n) is 11.9. The molecule has 1 aromatic rings. The molecule has 1 rings (SSSR count). The SMILES string of the molecule is O=C(O)CCCCN(CCCO)Cc1ccc(Cl)c(Cl)c1. The molecule has 4 nitrogen and oxygen atoms in total. The molecule has 118 valence electrons. The van der Waals surface area contributed by atoms with Gasteiger partial charge in [-0.05, 0) is 43.5 Å². The van der Waals surface area contributed by atoms with Gasteiger partial charge >= 0.3 is 5.97 Å². The third kappa shape index (κ3) is 7.67. The highest BCUT2D eigenvalue weighted by Crippen LogP contribution is 2.23. The lowest BCUT2D eigenvalue weighted by Crippen LogP contribution is -2.26. The van der Waals surface area contributed by atoms with E-state index in [4.69, 9.17) is 33.4 Å². The number of aliphatic hydroxyl groups excluding tert-OH is 1. The van der Waals surface area contributed by atoms with Crippen molar-refractivity contribution in [2.24, 2.45) is 0 Å². The van der Waals surface area contributed by atoms with Gasteiger partial charge in [0, 0.05) is 26.1 Å². The lowest BCUT2D eigenvalue weighted by molar-refractivity contribution is -0.137. The summed E-state index contributed by atoms with van der Waals surface area (Å²) in [6.45, 7) is 2.42. The topological polar surface area (TPSA) is 60.8 Å². The van der Waals surface area contributed by atoms with Gasteiger partial charge in [0.1, 0.15) is 0 Å². The number of aliphatic carboxylic acids is 1. The first-order valence-corrected chi connectivity index (χ1v) is 7.77. The molecule has 0 aliphatic heterocycles. The fourth-order valence-electron chi connectivity index (χ4n) is 2.07. The predicted octanol–water partition coefficient (Wildman–Crippen LogP) is 3.43. The molecule has 1 aromatic carbocycles. The van der Waals surface area contributed by atoms with Crippen LogP contribution in [0.2, 0.25) is 10.0 Å². The van der Waals surface area contributed by atoms with E-state index < -0.39 is 5.97 Å². The van der Waals surface area contributed by atoms with Crippen molar-refractivity contribution < 1.29 is 15.0 Å². The summed E-state index contributed by atoms with van der Waals surface area (Å²) in [5, 5.41) is 18.7. The third-order valence-electron chi connectivity index (χ3n) is 3.14. The molecule has 0 atom stereocenters. The summed E-state index contributed by atoms with van der Waals surface area (Å²) in [5.74, 6) is -0.763. The molecule has 2 N–H and O–H groups in total. The minimum Gasteiger partial charge on any atom is -0.481 e. The summed E-state index contributed by atoms with van der Waals surface area (Å²) in [6, 6.07) is 5.54. The Morgan fingerprint density at radius 2 is 1.81 bits per heavy atom. The van der Waals surface area contributed by atoms with Gasteiger partial charge in [-0.25, -0.2) is 0 Å². The van der Waals surface area contributed by atoms with E-state index in [2.05, 4.69) is 4.90 Å². The highest BCUT2D eigenvalue weighted by atomic mass is 35.5. The van der Waals surface area contributed by atoms with Gasteiger partial charge in [-0.3, -0.25) is 9.69 Å². The number of halogens is 2. The molecule has 0 aliphatic rings. The highest BCUT2D eigenvalue weighted by molar-refractivity contribution is 6.42. The number of rotatable bonds is 10. The molecule has 0 bridgehead atoms. The second-order valence-corrected chi connectivity index (χ2v) is 5.77. The summed E-state index contributed by atoms with van der Waals surface area (Å²) in [6.07, 6.45) is 2.37. The molecular weight excluding hydrogens is 313 g/mol. The lowest BCUT2D eigenvalue weighted by Gasteiger charge is -2.22. The van der Waals surface area contributed by atoms with Crippen LogP contribution in [0.25, 0.3) is 0 Å². The maximum atomic E-state index is 10.5. The summed E-state index contributed by atoms with van der Waals surface area (Å²) < 4.78 is 0. The van der Waals surface area contributed by atoms with Gasteiger partial charge in [0.25, 0.3) is 0 Å². The second-order valence-electron chi connectivity index (χ2n) is 4.95. The molecule has 0 aliphatic carbocycles. The monoisotopic (exact) mass is 333 g/mol. The smallest absolute Gasteiger partial charge is 0.303 e. The molecule has 6 heteroatoms. The molecule has 0 saturated carbocycles. The van der Waals surface area contributed by atoms with E-state index in [1.165, 1.54) is 0 Å². The quantitative estimate of drug-likeness (QED) is 0.644. The summed E-state index contributed by atoms with van der Waals surface area (Å²) in [4.78, 5) is 12.7. The minimum absolute atomic E-state index is 0.146. The standard InChI is InChI=1S/C15H21Cl2NO3/c16-13-6-5-12(10-14(13)17)11-18(8-3-9-19)7-2-1-4-15(20)21/h5-6,10,19H,1-4,7-9,11H2,(H,20,21). The van der Waals surface area contributed by atoms with Crippen molar-refractivity contribution in [1.82, 2.24) is 4.90 Å². The molecule has 0 amide bonds. The Balaban J connectivity index is 2.51. The molecule has 0 saturated heterocycles. The van der Waals surface area contributed by atoms with Crippen molar-refractivity contribution in [3.05, 3.63) is 33.8 Å². The Kier molecular flexibility index (Phi) is 8.69. The van der Waals surface area contributed by atoms with Crippen molar-refractivity contribution in [3.63, 3.8) is 0 Å². The maximum absolute atomic E-state index is 10.5. The highest BCUT2D eigenvalue weighted by Gasteiger charge is 2.08. The first-order chi connectivity index (χ1) is 10.0. The summed E-state index contributed by atoms with van der Waals surface area (Å²) in [7, 11) is 0. The number of unbranched alkanes of at least 4 members (excludes halogenated alkanes) is 1. The van der Waals surface area contributed by atoms with Gasteiger partial charge in [-0.1, -0.05) is 29.3 Å². The van der Waals surface area contributed by atoms with Crippen molar-refractivity contribution in [1.29, 1.82) is 0 Å².